The fourth-order valence-corrected chi connectivity index (χ4v) is 10.5. The van der Waals surface area contributed by atoms with Crippen molar-refractivity contribution in [2.45, 2.75) is 168 Å². The number of nitrogens with one attached hydrogen (secondary N) is 2. The van der Waals surface area contributed by atoms with Gasteiger partial charge in [0.1, 0.15) is 63.6 Å². The molecule has 4 aliphatic rings. The number of aliphatic carboxylic acids is 3. The molecule has 3 aromatic heterocycles. The highest BCUT2D eigenvalue weighted by atomic mass is 36.0. The molecule has 11 rings (SSSR count). The number of rotatable bonds is 19. The van der Waals surface area contributed by atoms with Gasteiger partial charge in [-0.25, -0.2) is 33.9 Å². The second-order valence-electron chi connectivity index (χ2n) is 26.3. The van der Waals surface area contributed by atoms with Crippen molar-refractivity contribution in [2.24, 2.45) is 11.7 Å². The number of H-pyrrole nitrogens is 1. The number of nitrogens with two attached hydrogens (primary N) is 1. The number of hydrogen-bond acceptors (Lipinski definition) is 20. The number of ether oxygens (including phenoxy) is 7. The van der Waals surface area contributed by atoms with Crippen LogP contribution in [0.1, 0.15) is 120 Å². The number of likely N-dealkylation sites (tertiary alicyclic amines) is 2. The van der Waals surface area contributed by atoms with Crippen molar-refractivity contribution < 1.29 is 92.0 Å². The Kier molecular flexibility index (Phi) is 34.9. The maximum absolute atomic E-state index is 12.4. The smallest absolute Gasteiger partial charge is 0.411 e. The predicted molar refractivity (Wildman–Crippen MR) is 407 cm³/mol. The Bertz CT molecular complexity index is 4200. The number of fused-ring (bicyclic) bond motifs is 3. The molecule has 2 saturated heterocycles. The topological polar surface area (TPSA) is 388 Å². The van der Waals surface area contributed by atoms with Crippen molar-refractivity contribution in [2.75, 3.05) is 39.5 Å². The largest absolute Gasteiger partial charge is 0.494 e. The number of carboxylic acids is 3. The zero-order valence-corrected chi connectivity index (χ0v) is 64.5. The number of amides is 3. The number of aromatic nitrogens is 3. The van der Waals surface area contributed by atoms with E-state index in [-0.39, 0.29) is 43.4 Å². The minimum Gasteiger partial charge on any atom is -0.494 e. The average molecular weight is 1570 g/mol. The second-order valence-corrected chi connectivity index (χ2v) is 33.3. The number of aliphatic hydroxyl groups excluding tert-OH is 2. The number of carbonyl (C=O) groups excluding carboxylic acids is 3. The van der Waals surface area contributed by atoms with Gasteiger partial charge in [0.25, 0.3) is 11.5 Å². The van der Waals surface area contributed by atoms with E-state index in [1.54, 1.807) is 78.3 Å². The summed E-state index contributed by atoms with van der Waals surface area (Å²) in [5.41, 5.74) is 5.11. The summed E-state index contributed by atoms with van der Waals surface area (Å²) in [4.78, 5) is 92.8. The van der Waals surface area contributed by atoms with Crippen LogP contribution in [-0.2, 0) is 33.2 Å². The maximum atomic E-state index is 12.4. The molecule has 27 nitrogen and oxygen atoms in total. The molecule has 32 heteroatoms. The molecule has 2 saturated carbocycles. The van der Waals surface area contributed by atoms with E-state index in [4.69, 9.17) is 60.7 Å². The summed E-state index contributed by atoms with van der Waals surface area (Å²) >= 11 is 19.8. The fourth-order valence-electron chi connectivity index (χ4n) is 10.3. The molecule has 0 spiro atoms. The standard InChI is InChI=1S/C21H26N2O6.C11H10ClNO.C11H11NO2.C11H12O3.C10H18N2O2.C10H17NO5.Cl3OP/c1-5-27-14-6-7-16-13(10-14)8-9-22-18(16)28-15-11-17(19(24)25)23(12-15)20(26)29-21(2,3)4;1-2-14-9-3-4-10-8(7-9)5-6-13-11(10)12;1-2-14-9-3-4-10-8(7-9)5-6-12-11(10)13;1-2-14-10-5-3-4-9(8-10)6-7-11(12)13;11-8(5-6-1-2-6)9(13)10(14)12-7-3-4-7;1-10(2,3)16-9(15)11-5-6(12)4-7(11)8(13)14;1-5(2,3)4/h6-10,15,17H,5,11-12H2,1-4H3,(H,24,25);3-7H,2H2,1H3;3-7H,2H2,1H3,(H,12,13);3-8H,2H2,1H3,(H,12,13);6-9,13H,1-5,11H2,(H,12,14);6-7,12H,4-5H2,1-3H3,(H,13,14);/b;;;7-6+;;;/t15-,17+;;;;8-,9?;6-,7+;/m1...01./s1. The van der Waals surface area contributed by atoms with Crippen molar-refractivity contribution >= 4 is 125 Å². The van der Waals surface area contributed by atoms with E-state index in [0.29, 0.717) is 54.8 Å². The normalized spacial score (nSPS) is 17.2. The van der Waals surface area contributed by atoms with Crippen LogP contribution in [0.4, 0.5) is 9.59 Å². The Labute approximate surface area is 634 Å². The average Bonchev–Trinajstić information content (AvgIpc) is 1.34. The van der Waals surface area contributed by atoms with Crippen molar-refractivity contribution in [3.05, 3.63) is 143 Å². The molecule has 2 aliphatic heterocycles. The van der Waals surface area contributed by atoms with Gasteiger partial charge in [-0.05, 0) is 241 Å². The summed E-state index contributed by atoms with van der Waals surface area (Å²) in [6, 6.07) is 27.7. The zero-order chi connectivity index (χ0) is 78.6. The first-order valence-corrected chi connectivity index (χ1v) is 39.0. The Morgan fingerprint density at radius 2 is 1.13 bits per heavy atom. The lowest BCUT2D eigenvalue weighted by Gasteiger charge is -2.26. The lowest BCUT2D eigenvalue weighted by atomic mass is 10.0. The first-order chi connectivity index (χ1) is 49.9. The third-order valence-corrected chi connectivity index (χ3v) is 15.5. The second kappa shape index (κ2) is 42.0. The van der Waals surface area contributed by atoms with E-state index in [1.165, 1.54) is 23.8 Å². The summed E-state index contributed by atoms with van der Waals surface area (Å²) in [7, 11) is 0. The molecule has 2 aliphatic carbocycles. The Morgan fingerprint density at radius 3 is 1.62 bits per heavy atom. The van der Waals surface area contributed by atoms with Gasteiger partial charge in [-0.15, -0.1) is 0 Å². The SMILES string of the molecule is CC(C)(C)OC(=O)N1C[C@H](O)C[C@H]1C(=O)O.CCOc1ccc2c(=O)[nH]ccc2c1.CCOc1ccc2c(Cl)nccc2c1.CCOc1ccc2c(O[C@@H]3C[C@@H](C(=O)O)N(C(=O)OC(C)(C)C)C3)nccc2c1.CCOc1cccc(/C=C/C(=O)O)c1.N[C@@H](CC1CC1)C(O)C(=O)NC1CC1.O=P(Cl)(Cl)Cl. The molecule has 9 N–H and O–H groups in total. The van der Waals surface area contributed by atoms with Crippen molar-refractivity contribution in [3.8, 4) is 28.9 Å². The molecular formula is C74H94Cl4N7O20P. The van der Waals surface area contributed by atoms with E-state index < -0.39 is 76.9 Å². The number of aliphatic hydroxyl groups is 2. The lowest BCUT2D eigenvalue weighted by molar-refractivity contribution is -0.142. The van der Waals surface area contributed by atoms with Crippen molar-refractivity contribution in [3.63, 3.8) is 0 Å². The molecule has 5 heterocycles. The van der Waals surface area contributed by atoms with Crippen LogP contribution < -0.4 is 40.3 Å². The monoisotopic (exact) mass is 1570 g/mol. The number of nitrogens with zero attached hydrogens (tertiary/aromatic N) is 4. The number of aromatic amines is 1. The molecule has 578 valence electrons. The molecule has 7 aromatic rings. The Hall–Kier alpha value is -8.66. The number of carbonyl (C=O) groups is 6. The van der Waals surface area contributed by atoms with Crippen LogP contribution in [0.15, 0.2) is 127 Å². The van der Waals surface area contributed by atoms with Crippen LogP contribution in [0.2, 0.25) is 5.15 Å². The van der Waals surface area contributed by atoms with Gasteiger partial charge >= 0.3 is 35.3 Å². The quantitative estimate of drug-likeness (QED) is 0.0212. The lowest BCUT2D eigenvalue weighted by Crippen LogP contribution is -2.47. The Balaban J connectivity index is 0.000000231. The number of halogens is 4. The van der Waals surface area contributed by atoms with Gasteiger partial charge in [-0.1, -0.05) is 36.6 Å². The van der Waals surface area contributed by atoms with Gasteiger partial charge in [0, 0.05) is 65.8 Å². The molecule has 3 amide bonds. The van der Waals surface area contributed by atoms with Crippen LogP contribution in [0.5, 0.6) is 28.9 Å². The van der Waals surface area contributed by atoms with Crippen LogP contribution in [-0.4, -0.2) is 179 Å². The van der Waals surface area contributed by atoms with E-state index in [2.05, 4.69) is 54.0 Å². The minimum absolute atomic E-state index is 0.00583. The first-order valence-electron chi connectivity index (χ1n) is 34.2. The molecule has 6 atom stereocenters. The summed E-state index contributed by atoms with van der Waals surface area (Å²) in [5, 5.41) is 51.2. The third-order valence-electron chi connectivity index (χ3n) is 15.2. The molecule has 106 heavy (non-hydrogen) atoms. The molecule has 0 radical (unpaired) electrons. The summed E-state index contributed by atoms with van der Waals surface area (Å²) in [5.74, 6) is 0.746. The van der Waals surface area contributed by atoms with Crippen LogP contribution in [0.3, 0.4) is 0 Å². The molecule has 1 unspecified atom stereocenters. The number of benzene rings is 4. The molecule has 4 fully saturated rings. The predicted octanol–water partition coefficient (Wildman–Crippen LogP) is 13.9. The van der Waals surface area contributed by atoms with Crippen LogP contribution >= 0.6 is 50.5 Å². The van der Waals surface area contributed by atoms with Gasteiger partial charge in [0.15, 0.2) is 0 Å². The van der Waals surface area contributed by atoms with E-state index in [1.807, 2.05) is 107 Å². The van der Waals surface area contributed by atoms with Crippen molar-refractivity contribution in [1.82, 2.24) is 30.1 Å². The van der Waals surface area contributed by atoms with Gasteiger partial charge < -0.3 is 74.7 Å². The number of carboxylic acid groups (broad SMARTS) is 3. The molecule has 4 aromatic carbocycles. The Morgan fingerprint density at radius 1 is 0.660 bits per heavy atom. The minimum atomic E-state index is -3.22. The highest BCUT2D eigenvalue weighted by Gasteiger charge is 2.44. The summed E-state index contributed by atoms with van der Waals surface area (Å²) in [6.45, 7) is 20.6. The number of β-amino-alcohol motifs (C(OH)–C–C–N with tert-alkyl or cyclic N) is 1. The summed E-state index contributed by atoms with van der Waals surface area (Å²) < 4.78 is 47.5. The van der Waals surface area contributed by atoms with Gasteiger partial charge in [0.05, 0.1) is 45.6 Å². The van der Waals surface area contributed by atoms with Gasteiger partial charge in [0.2, 0.25) is 5.88 Å². The molecular weight excluding hydrogens is 1480 g/mol. The first kappa shape index (κ1) is 88.0. The van der Waals surface area contributed by atoms with Crippen LogP contribution in [0, 0.1) is 5.92 Å². The van der Waals surface area contributed by atoms with E-state index in [9.17, 15) is 53.4 Å². The van der Waals surface area contributed by atoms with E-state index >= 15 is 0 Å². The number of pyridine rings is 3. The van der Waals surface area contributed by atoms with Crippen LogP contribution in [0.25, 0.3) is 38.4 Å². The van der Waals surface area contributed by atoms with E-state index in [0.717, 1.165) is 85.7 Å². The van der Waals surface area contributed by atoms with Gasteiger partial charge in [-0.3, -0.25) is 24.0 Å². The van der Waals surface area contributed by atoms with Crippen molar-refractivity contribution in [1.29, 1.82) is 0 Å². The summed E-state index contributed by atoms with van der Waals surface area (Å²) in [6.07, 6.45) is 9.37. The highest BCUT2D eigenvalue weighted by Crippen LogP contribution is 2.61. The third kappa shape index (κ3) is 31.8. The molecule has 0 bridgehead atoms. The number of hydrogen-bond donors (Lipinski definition) is 8. The van der Waals surface area contributed by atoms with Gasteiger partial charge in [-0.2, -0.15) is 0 Å². The fraction of sp³-hybridized carbons (Fsp3) is 0.446. The highest BCUT2D eigenvalue weighted by molar-refractivity contribution is 8.24. The zero-order valence-electron chi connectivity index (χ0n) is 60.6. The maximum Gasteiger partial charge on any atom is 0.411 e.